The molecule has 0 spiro atoms. The van der Waals surface area contributed by atoms with Gasteiger partial charge >= 0.3 is 0 Å². The number of rotatable bonds is 4. The van der Waals surface area contributed by atoms with E-state index in [2.05, 4.69) is 0 Å². The van der Waals surface area contributed by atoms with Crippen LogP contribution in [-0.2, 0) is 13.0 Å². The molecule has 0 amide bonds. The Kier molecular flexibility index (Phi) is 4.79. The van der Waals surface area contributed by atoms with Crippen LogP contribution in [0.5, 0.6) is 0 Å². The monoisotopic (exact) mass is 320 g/mol. The van der Waals surface area contributed by atoms with Crippen LogP contribution in [0.25, 0.3) is 0 Å². The average molecular weight is 321 g/mol. The molecule has 0 saturated heterocycles. The highest BCUT2D eigenvalue weighted by Gasteiger charge is 2.12. The summed E-state index contributed by atoms with van der Waals surface area (Å²) in [6.45, 7) is 0.277. The van der Waals surface area contributed by atoms with Crippen LogP contribution in [0.15, 0.2) is 35.1 Å². The summed E-state index contributed by atoms with van der Waals surface area (Å²) in [6, 6.07) is 10.3. The molecule has 1 aromatic heterocycles. The van der Waals surface area contributed by atoms with Crippen LogP contribution in [0.4, 0.5) is 0 Å². The third-order valence-electron chi connectivity index (χ3n) is 3.06. The number of halogens is 2. The van der Waals surface area contributed by atoms with Crippen molar-refractivity contribution in [2.45, 2.75) is 13.0 Å². The van der Waals surface area contributed by atoms with E-state index >= 15 is 0 Å². The highest BCUT2D eigenvalue weighted by atomic mass is 35.5. The Hall–Kier alpha value is -2.09. The molecule has 2 rings (SSSR count). The van der Waals surface area contributed by atoms with Crippen molar-refractivity contribution in [1.29, 1.82) is 5.26 Å². The summed E-state index contributed by atoms with van der Waals surface area (Å²) in [5, 5.41) is 8.86. The van der Waals surface area contributed by atoms with Crippen LogP contribution in [0.1, 0.15) is 21.6 Å². The van der Waals surface area contributed by atoms with Crippen LogP contribution in [0.2, 0.25) is 10.0 Å². The Labute approximate surface area is 131 Å². The number of aromatic nitrogens is 1. The molecule has 0 bridgehead atoms. The van der Waals surface area contributed by atoms with Crippen molar-refractivity contribution in [3.05, 3.63) is 67.6 Å². The van der Waals surface area contributed by atoms with Crippen LogP contribution >= 0.6 is 23.2 Å². The first-order valence-electron chi connectivity index (χ1n) is 6.10. The molecule has 0 aliphatic carbocycles. The van der Waals surface area contributed by atoms with Crippen LogP contribution in [0.3, 0.4) is 0 Å². The fraction of sp³-hybridized carbons (Fsp3) is 0.133. The third kappa shape index (κ3) is 3.33. The Bertz CT molecular complexity index is 774. The van der Waals surface area contributed by atoms with Gasteiger partial charge in [-0.2, -0.15) is 5.26 Å². The quantitative estimate of drug-likeness (QED) is 0.813. The lowest BCUT2D eigenvalue weighted by molar-refractivity contribution is 0.111. The number of carbonyl (C=O) groups excluding carboxylic acids is 1. The van der Waals surface area contributed by atoms with E-state index in [1.807, 2.05) is 6.07 Å². The van der Waals surface area contributed by atoms with Gasteiger partial charge in [-0.15, -0.1) is 0 Å². The maximum Gasteiger partial charge on any atom is 0.269 e. The van der Waals surface area contributed by atoms with E-state index in [0.29, 0.717) is 18.3 Å². The second-order valence-corrected chi connectivity index (χ2v) is 5.17. The van der Waals surface area contributed by atoms with Crippen LogP contribution < -0.4 is 5.56 Å². The van der Waals surface area contributed by atoms with Crippen LogP contribution in [0, 0.1) is 11.3 Å². The molecule has 0 aliphatic rings. The molecular weight excluding hydrogens is 311 g/mol. The first kappa shape index (κ1) is 15.3. The van der Waals surface area contributed by atoms with Gasteiger partial charge in [0.15, 0.2) is 6.29 Å². The van der Waals surface area contributed by atoms with Crippen molar-refractivity contribution in [2.24, 2.45) is 0 Å². The first-order chi connectivity index (χ1) is 10.1. The van der Waals surface area contributed by atoms with Gasteiger partial charge in [0.25, 0.3) is 5.56 Å². The average Bonchev–Trinajstić information content (AvgIpc) is 2.50. The molecular formula is C15H10Cl2N2O2. The summed E-state index contributed by atoms with van der Waals surface area (Å²) in [6.07, 6.45) is 1.06. The number of hydrogen-bond acceptors (Lipinski definition) is 3. The predicted octanol–water partition coefficient (Wildman–Crippen LogP) is 3.08. The fourth-order valence-electron chi connectivity index (χ4n) is 1.94. The van der Waals surface area contributed by atoms with E-state index in [9.17, 15) is 9.59 Å². The Morgan fingerprint density at radius 3 is 2.43 bits per heavy atom. The maximum absolute atomic E-state index is 12.0. The van der Waals surface area contributed by atoms with E-state index in [1.165, 1.54) is 10.6 Å². The minimum Gasteiger partial charge on any atom is -0.303 e. The minimum absolute atomic E-state index is 0.0228. The molecule has 0 unspecified atom stereocenters. The van der Waals surface area contributed by atoms with Crippen molar-refractivity contribution in [3.8, 4) is 6.07 Å². The van der Waals surface area contributed by atoms with Gasteiger partial charge in [-0.25, -0.2) is 0 Å². The summed E-state index contributed by atoms with van der Waals surface area (Å²) < 4.78 is 1.26. The number of hydrogen-bond donors (Lipinski definition) is 0. The number of benzene rings is 1. The maximum atomic E-state index is 12.0. The normalized spacial score (nSPS) is 10.1. The van der Waals surface area contributed by atoms with Crippen molar-refractivity contribution in [2.75, 3.05) is 0 Å². The zero-order valence-corrected chi connectivity index (χ0v) is 12.4. The number of carbonyl (C=O) groups is 1. The molecule has 1 heterocycles. The number of nitriles is 1. The molecule has 0 saturated carbocycles. The van der Waals surface area contributed by atoms with Gasteiger partial charge in [-0.1, -0.05) is 35.3 Å². The number of aldehydes is 1. The van der Waals surface area contributed by atoms with Gasteiger partial charge in [-0.05, 0) is 30.2 Å². The Balaban J connectivity index is 2.29. The van der Waals surface area contributed by atoms with Crippen molar-refractivity contribution < 1.29 is 4.79 Å². The van der Waals surface area contributed by atoms with Crippen molar-refractivity contribution >= 4 is 29.5 Å². The van der Waals surface area contributed by atoms with Crippen LogP contribution in [-0.4, -0.2) is 10.9 Å². The Morgan fingerprint density at radius 1 is 1.19 bits per heavy atom. The van der Waals surface area contributed by atoms with Gasteiger partial charge < -0.3 is 4.57 Å². The molecule has 6 heteroatoms. The van der Waals surface area contributed by atoms with Gasteiger partial charge in [0, 0.05) is 6.54 Å². The third-order valence-corrected chi connectivity index (χ3v) is 3.63. The standard InChI is InChI=1S/C15H10Cl2N2O2/c16-12-7-13(17)15(21)19(14(12)9-20)6-5-10-1-3-11(8-18)4-2-10/h1-4,7,9H,5-6H2. The lowest BCUT2D eigenvalue weighted by atomic mass is 10.1. The molecule has 0 fully saturated rings. The second kappa shape index (κ2) is 6.57. The number of aryl methyl sites for hydroxylation is 1. The summed E-state index contributed by atoms with van der Waals surface area (Å²) in [5.41, 5.74) is 1.17. The van der Waals surface area contributed by atoms with E-state index < -0.39 is 5.56 Å². The van der Waals surface area contributed by atoms with E-state index in [1.54, 1.807) is 24.3 Å². The van der Waals surface area contributed by atoms with E-state index in [-0.39, 0.29) is 22.3 Å². The molecule has 0 aliphatic heterocycles. The smallest absolute Gasteiger partial charge is 0.269 e. The Morgan fingerprint density at radius 2 is 1.86 bits per heavy atom. The fourth-order valence-corrected chi connectivity index (χ4v) is 2.47. The van der Waals surface area contributed by atoms with Gasteiger partial charge in [0.05, 0.1) is 16.7 Å². The SMILES string of the molecule is N#Cc1ccc(CCn2c(C=O)c(Cl)cc(Cl)c2=O)cc1. The molecule has 0 radical (unpaired) electrons. The van der Waals surface area contributed by atoms with E-state index in [4.69, 9.17) is 28.5 Å². The first-order valence-corrected chi connectivity index (χ1v) is 6.85. The molecule has 21 heavy (non-hydrogen) atoms. The number of nitrogens with zero attached hydrogens (tertiary/aromatic N) is 2. The molecule has 2 aromatic rings. The summed E-state index contributed by atoms with van der Waals surface area (Å²) >= 11 is 11.7. The number of pyridine rings is 1. The van der Waals surface area contributed by atoms with E-state index in [0.717, 1.165) is 5.56 Å². The minimum atomic E-state index is -0.447. The molecule has 106 valence electrons. The van der Waals surface area contributed by atoms with Crippen molar-refractivity contribution in [1.82, 2.24) is 4.57 Å². The lowest BCUT2D eigenvalue weighted by Gasteiger charge is -2.11. The molecule has 0 atom stereocenters. The highest BCUT2D eigenvalue weighted by Crippen LogP contribution is 2.17. The molecule has 1 aromatic carbocycles. The van der Waals surface area contributed by atoms with Gasteiger partial charge in [0.2, 0.25) is 0 Å². The van der Waals surface area contributed by atoms with Crippen molar-refractivity contribution in [3.63, 3.8) is 0 Å². The molecule has 4 nitrogen and oxygen atoms in total. The lowest BCUT2D eigenvalue weighted by Crippen LogP contribution is -2.25. The van der Waals surface area contributed by atoms with Gasteiger partial charge in [0.1, 0.15) is 10.7 Å². The highest BCUT2D eigenvalue weighted by molar-refractivity contribution is 6.35. The second-order valence-electron chi connectivity index (χ2n) is 4.36. The summed E-state index contributed by atoms with van der Waals surface area (Å²) in [5.74, 6) is 0. The largest absolute Gasteiger partial charge is 0.303 e. The molecule has 0 N–H and O–H groups in total. The summed E-state index contributed by atoms with van der Waals surface area (Å²) in [7, 11) is 0. The summed E-state index contributed by atoms with van der Waals surface area (Å²) in [4.78, 5) is 23.1. The zero-order valence-electron chi connectivity index (χ0n) is 10.8. The topological polar surface area (TPSA) is 62.9 Å². The predicted molar refractivity (Wildman–Crippen MR) is 81.0 cm³/mol. The van der Waals surface area contributed by atoms with Gasteiger partial charge in [-0.3, -0.25) is 9.59 Å². The zero-order chi connectivity index (χ0) is 15.4.